The number of hydrogen-bond donors (Lipinski definition) is 3. The molecule has 2 aliphatic carbocycles. The van der Waals surface area contributed by atoms with Gasteiger partial charge < -0.3 is 43.5 Å². The van der Waals surface area contributed by atoms with E-state index in [2.05, 4.69) is 18.0 Å². The number of amides is 2. The highest BCUT2D eigenvalue weighted by Crippen LogP contribution is 2.62. The topological polar surface area (TPSA) is 210 Å². The minimum Gasteiger partial charge on any atom is -0.497 e. The molecule has 17 nitrogen and oxygen atoms in total. The molecule has 3 aliphatic rings. The molecule has 8 rings (SSSR count). The average molecular weight is 1050 g/mol. The Morgan fingerprint density at radius 3 is 2.44 bits per heavy atom. The van der Waals surface area contributed by atoms with Crippen molar-refractivity contribution >= 4 is 51.6 Å². The van der Waals surface area contributed by atoms with Gasteiger partial charge in [-0.3, -0.25) is 20.3 Å². The molecule has 0 spiro atoms. The van der Waals surface area contributed by atoms with Crippen molar-refractivity contribution in [2.45, 2.75) is 75.8 Å². The highest BCUT2D eigenvalue weighted by atomic mass is 35.5. The number of fused-ring (bicyclic) bond motifs is 3. The lowest BCUT2D eigenvalue weighted by Crippen LogP contribution is -2.70. The van der Waals surface area contributed by atoms with Gasteiger partial charge in [0, 0.05) is 49.3 Å². The number of benzene rings is 5. The summed E-state index contributed by atoms with van der Waals surface area (Å²) in [7, 11) is 3.02. The first-order valence-electron chi connectivity index (χ1n) is 25.2. The first-order valence-corrected chi connectivity index (χ1v) is 25.7. The number of unbranched alkanes of at least 4 members (excludes halogenated alkanes) is 2. The summed E-state index contributed by atoms with van der Waals surface area (Å²) in [6, 6.07) is 29.1. The zero-order chi connectivity index (χ0) is 52.9. The van der Waals surface area contributed by atoms with Crippen LogP contribution in [0.3, 0.4) is 0 Å². The van der Waals surface area contributed by atoms with Gasteiger partial charge in [0.05, 0.1) is 55.5 Å². The second kappa shape index (κ2) is 25.4. The highest BCUT2D eigenvalue weighted by molar-refractivity contribution is 6.18. The highest BCUT2D eigenvalue weighted by Gasteiger charge is 2.66. The summed E-state index contributed by atoms with van der Waals surface area (Å²) >= 11 is 6.19. The number of carbonyl (C=O) groups excluding carboxylic acids is 2. The van der Waals surface area contributed by atoms with Gasteiger partial charge in [-0.15, -0.1) is 18.2 Å². The third-order valence-electron chi connectivity index (χ3n) is 14.2. The molecule has 396 valence electrons. The summed E-state index contributed by atoms with van der Waals surface area (Å²) in [5.74, 6) is -1.50. The maximum atomic E-state index is 15.0. The predicted octanol–water partition coefficient (Wildman–Crippen LogP) is 11.1. The largest absolute Gasteiger partial charge is 0.497 e. The number of aliphatic hydroxyl groups is 2. The summed E-state index contributed by atoms with van der Waals surface area (Å²) < 4.78 is 37.4. The Morgan fingerprint density at radius 1 is 0.947 bits per heavy atom. The molecule has 0 saturated heterocycles. The minimum absolute atomic E-state index is 0.00618. The number of halogens is 1. The van der Waals surface area contributed by atoms with Crippen LogP contribution in [0.1, 0.15) is 67.6 Å². The molecule has 6 atom stereocenters. The van der Waals surface area contributed by atoms with E-state index in [1.54, 1.807) is 53.4 Å². The van der Waals surface area contributed by atoms with Crippen molar-refractivity contribution in [3.8, 4) is 23.0 Å². The first kappa shape index (κ1) is 54.1. The number of non-ortho nitro benzene ring substituents is 1. The van der Waals surface area contributed by atoms with Crippen molar-refractivity contribution < 1.29 is 58.0 Å². The number of alkyl halides is 1. The number of ether oxygens (including phenoxy) is 6. The van der Waals surface area contributed by atoms with E-state index in [1.807, 2.05) is 48.5 Å². The Morgan fingerprint density at radius 2 is 1.71 bits per heavy atom. The fraction of sp³-hybridized carbons (Fsp3) is 0.386. The lowest BCUT2D eigenvalue weighted by atomic mass is 9.55. The Kier molecular flexibility index (Phi) is 18.3. The number of nitro groups is 1. The molecule has 3 N–H and O–H groups in total. The van der Waals surface area contributed by atoms with Gasteiger partial charge in [-0.1, -0.05) is 72.6 Å². The normalized spacial score (nSPS) is 20.9. The molecule has 1 heterocycles. The van der Waals surface area contributed by atoms with E-state index in [9.17, 15) is 29.9 Å². The van der Waals surface area contributed by atoms with Crippen LogP contribution in [0.2, 0.25) is 0 Å². The third kappa shape index (κ3) is 12.2. The van der Waals surface area contributed by atoms with Crippen molar-refractivity contribution in [3.05, 3.63) is 154 Å². The molecular weight excluding hydrogens is 984 g/mol. The maximum absolute atomic E-state index is 15.0. The van der Waals surface area contributed by atoms with E-state index >= 15 is 0 Å². The summed E-state index contributed by atoms with van der Waals surface area (Å²) in [5.41, 5.74) is 3.76. The van der Waals surface area contributed by atoms with Crippen LogP contribution in [-0.2, 0) is 27.5 Å². The van der Waals surface area contributed by atoms with Crippen molar-refractivity contribution in [3.63, 3.8) is 0 Å². The molecular formula is C57H63ClN4O13. The van der Waals surface area contributed by atoms with E-state index in [0.717, 1.165) is 21.9 Å². The fourth-order valence-corrected chi connectivity index (χ4v) is 11.0. The number of hydrogen-bond acceptors (Lipinski definition) is 14. The Hall–Kier alpha value is -7.18. The van der Waals surface area contributed by atoms with Gasteiger partial charge in [-0.25, -0.2) is 9.59 Å². The number of carbonyl (C=O) groups is 2. The van der Waals surface area contributed by atoms with Gasteiger partial charge in [0.1, 0.15) is 42.3 Å². The summed E-state index contributed by atoms with van der Waals surface area (Å²) in [6.45, 7) is 4.01. The van der Waals surface area contributed by atoms with Crippen molar-refractivity contribution in [2.24, 2.45) is 22.9 Å². The van der Waals surface area contributed by atoms with Crippen LogP contribution in [0.5, 0.6) is 23.0 Å². The van der Waals surface area contributed by atoms with E-state index in [0.29, 0.717) is 78.3 Å². The molecule has 0 aromatic heterocycles. The Balaban J connectivity index is 1.31. The zero-order valence-electron chi connectivity index (χ0n) is 42.1. The molecule has 18 heteroatoms. The van der Waals surface area contributed by atoms with Crippen molar-refractivity contribution in [1.29, 1.82) is 0 Å². The van der Waals surface area contributed by atoms with Crippen LogP contribution < -0.4 is 24.3 Å². The van der Waals surface area contributed by atoms with Gasteiger partial charge in [-0.2, -0.15) is 0 Å². The quantitative estimate of drug-likeness (QED) is 0.0173. The van der Waals surface area contributed by atoms with Gasteiger partial charge in [0.25, 0.3) is 5.69 Å². The minimum atomic E-state index is -1.66. The van der Waals surface area contributed by atoms with E-state index < -0.39 is 40.8 Å². The molecule has 0 radical (unpaired) electrons. The van der Waals surface area contributed by atoms with Crippen LogP contribution in [0.25, 0.3) is 10.8 Å². The van der Waals surface area contributed by atoms with Gasteiger partial charge in [0.2, 0.25) is 5.79 Å². The first-order chi connectivity index (χ1) is 36.6. The van der Waals surface area contributed by atoms with Gasteiger partial charge in [-0.05, 0) is 107 Å². The number of nitrogens with zero attached hydrogens (tertiary/aromatic N) is 3. The fourth-order valence-electron chi connectivity index (χ4n) is 10.9. The second-order valence-electron chi connectivity index (χ2n) is 18.6. The average Bonchev–Trinajstić information content (AvgIpc) is 3.42. The maximum Gasteiger partial charge on any atom is 0.417 e. The Bertz CT molecular complexity index is 2870. The monoisotopic (exact) mass is 1050 g/mol. The number of aliphatic hydroxyl groups excluding tert-OH is 2. The lowest BCUT2D eigenvalue weighted by molar-refractivity contribution is -0.384. The predicted molar refractivity (Wildman–Crippen MR) is 284 cm³/mol. The third-order valence-corrected chi connectivity index (χ3v) is 14.3. The van der Waals surface area contributed by atoms with Crippen LogP contribution >= 0.6 is 11.6 Å². The number of nitro benzene ring substituents is 1. The van der Waals surface area contributed by atoms with Crippen LogP contribution in [0, 0.1) is 27.9 Å². The zero-order valence-corrected chi connectivity index (χ0v) is 42.8. The summed E-state index contributed by atoms with van der Waals surface area (Å²) in [5, 5.41) is 41.2. The smallest absolute Gasteiger partial charge is 0.417 e. The molecule has 5 aromatic carbocycles. The van der Waals surface area contributed by atoms with E-state index in [4.69, 9.17) is 50.0 Å². The Labute approximate surface area is 440 Å². The molecule has 1 fully saturated rings. The molecule has 6 unspecified atom stereocenters. The molecule has 2 amide bonds. The SMILES string of the molecule is C=CCOC12Oc3ccc(OC(=O)Nc4ccc(OC)cc4OC)cc3C3C(CCCCO)C(CCCCO)C=C(C(=NOCc4ccc([N+](=O)[O-])cc4)CC1N(Cc1cccc4ccccc14)C(=O)OCCCl)C32. The van der Waals surface area contributed by atoms with Crippen molar-refractivity contribution in [1.82, 2.24) is 4.90 Å². The number of rotatable bonds is 24. The van der Waals surface area contributed by atoms with E-state index in [1.165, 1.54) is 26.4 Å². The number of anilines is 1. The van der Waals surface area contributed by atoms with Crippen LogP contribution in [0.4, 0.5) is 21.0 Å². The summed E-state index contributed by atoms with van der Waals surface area (Å²) in [4.78, 5) is 47.6. The number of nitrogens with one attached hydrogen (secondary N) is 1. The standard InChI is InChI=1S/C57H63ClN4O13/c1-4-29-72-57-52(61(56(66)71-30-26-58)35-40-15-11-14-38-12-5-6-16-44(38)40)34-49(60-73-36-37-18-20-41(21-19-37)62(67)68)46-31-39(13-7-9-27-63)45(17-8-10-28-64)53(54(46)57)47-32-43(23-25-50(47)75-57)74-55(65)59-48-24-22-42(69-2)33-51(48)70-3/h4-6,11-12,14-16,18-25,31-33,39,45,52-54,63-64H,1,7-10,13,17,26-30,34-36H2,2-3H3,(H,59,65). The summed E-state index contributed by atoms with van der Waals surface area (Å²) in [6.07, 6.45) is 6.29. The van der Waals surface area contributed by atoms with Crippen LogP contribution in [-0.4, -0.2) is 96.3 Å². The van der Waals surface area contributed by atoms with Gasteiger partial charge >= 0.3 is 12.2 Å². The molecule has 1 aliphatic heterocycles. The second-order valence-corrected chi connectivity index (χ2v) is 19.0. The molecule has 75 heavy (non-hydrogen) atoms. The van der Waals surface area contributed by atoms with Gasteiger partial charge in [0.15, 0.2) is 0 Å². The number of oxime groups is 1. The van der Waals surface area contributed by atoms with E-state index in [-0.39, 0.29) is 75.2 Å². The molecule has 0 bridgehead atoms. The number of allylic oxidation sites excluding steroid dienone is 1. The lowest BCUT2D eigenvalue weighted by Gasteiger charge is -2.59. The molecule has 1 saturated carbocycles. The number of methoxy groups -OCH3 is 2. The molecule has 5 aromatic rings. The van der Waals surface area contributed by atoms with Crippen molar-refractivity contribution in [2.75, 3.05) is 51.8 Å². The van der Waals surface area contributed by atoms with Crippen LogP contribution in [0.15, 0.2) is 133 Å².